The second-order valence-corrected chi connectivity index (χ2v) is 9.38. The molecular formula is C17H17BrN4O2S. The van der Waals surface area contributed by atoms with Crippen LogP contribution in [0.25, 0.3) is 0 Å². The Morgan fingerprint density at radius 1 is 1.12 bits per heavy atom. The summed E-state index contributed by atoms with van der Waals surface area (Å²) in [6, 6.07) is 8.45. The van der Waals surface area contributed by atoms with E-state index in [2.05, 4.69) is 21.0 Å². The molecule has 2 aliphatic rings. The fourth-order valence-electron chi connectivity index (χ4n) is 4.05. The first-order chi connectivity index (χ1) is 12.0. The number of hydrogen-bond donors (Lipinski definition) is 0. The summed E-state index contributed by atoms with van der Waals surface area (Å²) in [6.07, 6.45) is 7.05. The van der Waals surface area contributed by atoms with Crippen LogP contribution in [-0.2, 0) is 10.0 Å². The Hall–Kier alpha value is -1.69. The molecule has 8 heteroatoms. The van der Waals surface area contributed by atoms with Crippen LogP contribution in [0.3, 0.4) is 0 Å². The summed E-state index contributed by atoms with van der Waals surface area (Å²) >= 11 is 3.42. The van der Waals surface area contributed by atoms with Crippen LogP contribution >= 0.6 is 15.9 Å². The maximum Gasteiger partial charge on any atom is 0.243 e. The molecule has 6 nitrogen and oxygen atoms in total. The third-order valence-corrected chi connectivity index (χ3v) is 7.57. The molecule has 0 amide bonds. The van der Waals surface area contributed by atoms with Crippen LogP contribution in [-0.4, -0.2) is 34.6 Å². The van der Waals surface area contributed by atoms with Crippen LogP contribution in [0.2, 0.25) is 0 Å². The van der Waals surface area contributed by atoms with Crippen molar-refractivity contribution >= 4 is 26.0 Å². The van der Waals surface area contributed by atoms with Crippen molar-refractivity contribution < 1.29 is 8.42 Å². The quantitative estimate of drug-likeness (QED) is 0.763. The Bertz CT molecular complexity index is 918. The van der Waals surface area contributed by atoms with E-state index in [1.54, 1.807) is 22.6 Å². The molecule has 0 spiro atoms. The number of piperidine rings is 1. The predicted octanol–water partition coefficient (Wildman–Crippen LogP) is 3.07. The summed E-state index contributed by atoms with van der Waals surface area (Å²) in [6.45, 7) is 0. The molecule has 0 saturated carbocycles. The Morgan fingerprint density at radius 2 is 1.76 bits per heavy atom. The monoisotopic (exact) mass is 420 g/mol. The van der Waals surface area contributed by atoms with E-state index in [0.717, 1.165) is 30.2 Å². The molecule has 2 bridgehead atoms. The minimum atomic E-state index is -3.54. The van der Waals surface area contributed by atoms with Gasteiger partial charge in [-0.1, -0.05) is 0 Å². The summed E-state index contributed by atoms with van der Waals surface area (Å²) in [7, 11) is -3.54. The molecule has 2 aromatic rings. The number of benzene rings is 1. The van der Waals surface area contributed by atoms with Gasteiger partial charge in [-0.25, -0.2) is 8.42 Å². The van der Waals surface area contributed by atoms with Crippen LogP contribution in [0.4, 0.5) is 0 Å². The van der Waals surface area contributed by atoms with Crippen LogP contribution < -0.4 is 0 Å². The maximum absolute atomic E-state index is 13.1. The zero-order chi connectivity index (χ0) is 17.6. The molecule has 1 aromatic carbocycles. The molecule has 2 atom stereocenters. The lowest BCUT2D eigenvalue weighted by Crippen LogP contribution is -2.46. The van der Waals surface area contributed by atoms with Gasteiger partial charge in [-0.3, -0.25) is 4.68 Å². The molecule has 1 aromatic heterocycles. The van der Waals surface area contributed by atoms with Gasteiger partial charge in [0.15, 0.2) is 0 Å². The average Bonchev–Trinajstić information content (AvgIpc) is 3.16. The van der Waals surface area contributed by atoms with Gasteiger partial charge in [0.2, 0.25) is 10.0 Å². The standard InChI is InChI=1S/C17H17BrN4O2S/c18-13-10-20-21(11-13)16-7-14-3-4-15(8-16)22(14)25(23,24)17-5-1-12(9-19)2-6-17/h1-2,5-6,10-11,14-16H,3-4,7-8H2. The largest absolute Gasteiger partial charge is 0.268 e. The Labute approximate surface area is 155 Å². The number of aromatic nitrogens is 2. The van der Waals surface area contributed by atoms with Crippen molar-refractivity contribution in [3.8, 4) is 6.07 Å². The molecule has 2 saturated heterocycles. The van der Waals surface area contributed by atoms with E-state index in [0.29, 0.717) is 5.56 Å². The average molecular weight is 421 g/mol. The molecular weight excluding hydrogens is 404 g/mol. The highest BCUT2D eigenvalue weighted by molar-refractivity contribution is 9.10. The van der Waals surface area contributed by atoms with Gasteiger partial charge >= 0.3 is 0 Å². The summed E-state index contributed by atoms with van der Waals surface area (Å²) in [5.74, 6) is 0. The highest BCUT2D eigenvalue weighted by Crippen LogP contribution is 2.43. The predicted molar refractivity (Wildman–Crippen MR) is 95.2 cm³/mol. The summed E-state index contributed by atoms with van der Waals surface area (Å²) in [4.78, 5) is 0.267. The smallest absolute Gasteiger partial charge is 0.243 e. The topological polar surface area (TPSA) is 79.0 Å². The van der Waals surface area contributed by atoms with Crippen molar-refractivity contribution in [2.75, 3.05) is 0 Å². The number of hydrogen-bond acceptors (Lipinski definition) is 4. The molecule has 2 fully saturated rings. The number of rotatable bonds is 3. The van der Waals surface area contributed by atoms with Crippen LogP contribution in [0.1, 0.15) is 37.3 Å². The first-order valence-electron chi connectivity index (χ1n) is 8.22. The van der Waals surface area contributed by atoms with Gasteiger partial charge in [0.25, 0.3) is 0 Å². The van der Waals surface area contributed by atoms with Crippen molar-refractivity contribution in [3.63, 3.8) is 0 Å². The van der Waals surface area contributed by atoms with Crippen LogP contribution in [0.5, 0.6) is 0 Å². The Morgan fingerprint density at radius 3 is 2.28 bits per heavy atom. The molecule has 3 heterocycles. The van der Waals surface area contributed by atoms with Crippen molar-refractivity contribution in [2.45, 2.75) is 48.7 Å². The van der Waals surface area contributed by atoms with Crippen LogP contribution in [0, 0.1) is 11.3 Å². The second kappa shape index (κ2) is 6.24. The summed E-state index contributed by atoms with van der Waals surface area (Å²) in [5.41, 5.74) is 0.463. The lowest BCUT2D eigenvalue weighted by molar-refractivity contribution is 0.185. The number of nitriles is 1. The lowest BCUT2D eigenvalue weighted by atomic mass is 10.00. The van der Waals surface area contributed by atoms with E-state index in [1.807, 2.05) is 16.9 Å². The Balaban J connectivity index is 1.60. The van der Waals surface area contributed by atoms with E-state index in [1.165, 1.54) is 12.1 Å². The highest BCUT2D eigenvalue weighted by Gasteiger charge is 2.47. The molecule has 0 radical (unpaired) electrons. The number of fused-ring (bicyclic) bond motifs is 2. The van der Waals surface area contributed by atoms with Gasteiger partial charge in [0.05, 0.1) is 33.2 Å². The van der Waals surface area contributed by atoms with Crippen molar-refractivity contribution in [1.82, 2.24) is 14.1 Å². The van der Waals surface area contributed by atoms with Gasteiger partial charge in [0.1, 0.15) is 0 Å². The molecule has 0 aliphatic carbocycles. The minimum Gasteiger partial charge on any atom is -0.268 e. The SMILES string of the molecule is N#Cc1ccc(S(=O)(=O)N2C3CCC2CC(n2cc(Br)cn2)C3)cc1. The third kappa shape index (κ3) is 2.90. The fourth-order valence-corrected chi connectivity index (χ4v) is 6.24. The normalized spacial score (nSPS) is 26.5. The van der Waals surface area contributed by atoms with Gasteiger partial charge in [-0.2, -0.15) is 14.7 Å². The van der Waals surface area contributed by atoms with E-state index in [4.69, 9.17) is 5.26 Å². The van der Waals surface area contributed by atoms with Crippen molar-refractivity contribution in [2.24, 2.45) is 0 Å². The minimum absolute atomic E-state index is 0.00682. The van der Waals surface area contributed by atoms with E-state index < -0.39 is 10.0 Å². The van der Waals surface area contributed by atoms with E-state index in [-0.39, 0.29) is 23.0 Å². The zero-order valence-corrected chi connectivity index (χ0v) is 15.8. The number of sulfonamides is 1. The zero-order valence-electron chi connectivity index (χ0n) is 13.4. The van der Waals surface area contributed by atoms with Crippen molar-refractivity contribution in [1.29, 1.82) is 5.26 Å². The van der Waals surface area contributed by atoms with Crippen LogP contribution in [0.15, 0.2) is 46.0 Å². The van der Waals surface area contributed by atoms with E-state index >= 15 is 0 Å². The molecule has 130 valence electrons. The fraction of sp³-hybridized carbons (Fsp3) is 0.412. The van der Waals surface area contributed by atoms with Gasteiger partial charge < -0.3 is 0 Å². The first-order valence-corrected chi connectivity index (χ1v) is 10.5. The second-order valence-electron chi connectivity index (χ2n) is 6.62. The lowest BCUT2D eigenvalue weighted by Gasteiger charge is -2.37. The number of nitrogens with zero attached hydrogens (tertiary/aromatic N) is 4. The van der Waals surface area contributed by atoms with Gasteiger partial charge in [-0.05, 0) is 65.9 Å². The molecule has 25 heavy (non-hydrogen) atoms. The maximum atomic E-state index is 13.1. The summed E-state index contributed by atoms with van der Waals surface area (Å²) < 4.78 is 30.8. The van der Waals surface area contributed by atoms with Crippen molar-refractivity contribution in [3.05, 3.63) is 46.7 Å². The van der Waals surface area contributed by atoms with Gasteiger partial charge in [0, 0.05) is 18.3 Å². The molecule has 4 rings (SSSR count). The molecule has 2 unspecified atom stereocenters. The van der Waals surface area contributed by atoms with Gasteiger partial charge in [-0.15, -0.1) is 0 Å². The summed E-state index contributed by atoms with van der Waals surface area (Å²) in [5, 5.41) is 13.3. The molecule has 2 aliphatic heterocycles. The molecule has 0 N–H and O–H groups in total. The Kier molecular flexibility index (Phi) is 4.18. The number of halogens is 1. The highest BCUT2D eigenvalue weighted by atomic mass is 79.9. The third-order valence-electron chi connectivity index (χ3n) is 5.14. The first kappa shape index (κ1) is 16.8. The van der Waals surface area contributed by atoms with E-state index in [9.17, 15) is 8.42 Å².